The number of hydrogen-bond acceptors (Lipinski definition) is 2. The van der Waals surface area contributed by atoms with Gasteiger partial charge in [0.1, 0.15) is 5.75 Å². The van der Waals surface area contributed by atoms with Gasteiger partial charge < -0.3 is 5.11 Å². The van der Waals surface area contributed by atoms with E-state index in [1.165, 1.54) is 16.7 Å². The molecule has 3 rings (SSSR count). The Kier molecular flexibility index (Phi) is 3.75. The molecule has 104 valence electrons. The summed E-state index contributed by atoms with van der Waals surface area (Å²) in [6.45, 7) is 5.29. The normalized spacial score (nSPS) is 19.4. The number of hydrogen-bond donors (Lipinski definition) is 1. The lowest BCUT2D eigenvalue weighted by Gasteiger charge is -2.18. The Hall–Kier alpha value is -1.80. The van der Waals surface area contributed by atoms with E-state index in [0.717, 1.165) is 26.1 Å². The molecule has 0 bridgehead atoms. The molecule has 0 amide bonds. The van der Waals surface area contributed by atoms with Gasteiger partial charge in [-0.25, -0.2) is 0 Å². The second-order valence-corrected chi connectivity index (χ2v) is 5.50. The first-order valence-electron chi connectivity index (χ1n) is 7.37. The second-order valence-electron chi connectivity index (χ2n) is 5.50. The molecule has 20 heavy (non-hydrogen) atoms. The molecule has 1 N–H and O–H groups in total. The molecule has 0 spiro atoms. The van der Waals surface area contributed by atoms with Crippen LogP contribution in [0.15, 0.2) is 48.5 Å². The minimum atomic E-state index is 0.369. The average molecular weight is 267 g/mol. The predicted molar refractivity (Wildman–Crippen MR) is 82.0 cm³/mol. The Bertz CT molecular complexity index is 579. The molecule has 2 heteroatoms. The molecule has 1 atom stereocenters. The van der Waals surface area contributed by atoms with Crippen molar-refractivity contribution in [1.29, 1.82) is 0 Å². The zero-order valence-corrected chi connectivity index (χ0v) is 11.9. The molecule has 0 aromatic heterocycles. The van der Waals surface area contributed by atoms with Gasteiger partial charge >= 0.3 is 0 Å². The lowest BCUT2D eigenvalue weighted by atomic mass is 9.86. The second kappa shape index (κ2) is 5.68. The average Bonchev–Trinajstić information content (AvgIpc) is 2.66. The van der Waals surface area contributed by atoms with Crippen LogP contribution in [0.1, 0.15) is 36.0 Å². The fourth-order valence-corrected chi connectivity index (χ4v) is 3.16. The van der Waals surface area contributed by atoms with Gasteiger partial charge in [-0.05, 0) is 48.3 Å². The Balaban J connectivity index is 2.05. The summed E-state index contributed by atoms with van der Waals surface area (Å²) in [5, 5.41) is 9.78. The summed E-state index contributed by atoms with van der Waals surface area (Å²) >= 11 is 0. The first-order valence-corrected chi connectivity index (χ1v) is 7.37. The van der Waals surface area contributed by atoms with E-state index in [1.807, 2.05) is 12.1 Å². The number of aromatic hydroxyl groups is 1. The van der Waals surface area contributed by atoms with Crippen LogP contribution in [-0.2, 0) is 6.54 Å². The van der Waals surface area contributed by atoms with Crippen LogP contribution >= 0.6 is 0 Å². The quantitative estimate of drug-likeness (QED) is 0.895. The first-order chi connectivity index (χ1) is 9.78. The molecule has 0 aliphatic carbocycles. The van der Waals surface area contributed by atoms with Crippen molar-refractivity contribution >= 4 is 0 Å². The van der Waals surface area contributed by atoms with Crippen molar-refractivity contribution in [3.05, 3.63) is 65.2 Å². The fraction of sp³-hybridized carbons (Fsp3) is 0.333. The third-order valence-corrected chi connectivity index (χ3v) is 4.28. The van der Waals surface area contributed by atoms with Crippen molar-refractivity contribution in [1.82, 2.24) is 4.90 Å². The molecule has 2 nitrogen and oxygen atoms in total. The number of fused-ring (bicyclic) bond motifs is 1. The molecule has 2 aromatic carbocycles. The van der Waals surface area contributed by atoms with Crippen molar-refractivity contribution < 1.29 is 5.11 Å². The van der Waals surface area contributed by atoms with Crippen LogP contribution in [0.3, 0.4) is 0 Å². The highest BCUT2D eigenvalue weighted by molar-refractivity contribution is 5.42. The zero-order valence-electron chi connectivity index (χ0n) is 11.9. The van der Waals surface area contributed by atoms with Crippen LogP contribution < -0.4 is 0 Å². The summed E-state index contributed by atoms with van der Waals surface area (Å²) in [5.41, 5.74) is 4.00. The Morgan fingerprint density at radius 1 is 1.15 bits per heavy atom. The molecule has 0 saturated heterocycles. The largest absolute Gasteiger partial charge is 0.508 e. The summed E-state index contributed by atoms with van der Waals surface area (Å²) < 4.78 is 0. The van der Waals surface area contributed by atoms with Crippen molar-refractivity contribution in [2.45, 2.75) is 25.8 Å². The molecule has 1 heterocycles. The Morgan fingerprint density at radius 3 is 2.70 bits per heavy atom. The minimum absolute atomic E-state index is 0.369. The van der Waals surface area contributed by atoms with Gasteiger partial charge in [-0.3, -0.25) is 4.90 Å². The lowest BCUT2D eigenvalue weighted by Crippen LogP contribution is -2.22. The summed E-state index contributed by atoms with van der Waals surface area (Å²) in [7, 11) is 0. The van der Waals surface area contributed by atoms with E-state index in [4.69, 9.17) is 0 Å². The van der Waals surface area contributed by atoms with Gasteiger partial charge in [-0.1, -0.05) is 43.3 Å². The molecule has 0 saturated carbocycles. The topological polar surface area (TPSA) is 23.5 Å². The summed E-state index contributed by atoms with van der Waals surface area (Å²) in [6, 6.07) is 16.6. The van der Waals surface area contributed by atoms with Crippen molar-refractivity contribution in [3.63, 3.8) is 0 Å². The number of phenolic OH excluding ortho intramolecular Hbond substituents is 1. The molecule has 1 aliphatic rings. The number of nitrogens with zero attached hydrogens (tertiary/aromatic N) is 1. The van der Waals surface area contributed by atoms with Gasteiger partial charge in [-0.2, -0.15) is 0 Å². The van der Waals surface area contributed by atoms with Crippen molar-refractivity contribution in [3.8, 4) is 5.75 Å². The maximum atomic E-state index is 9.78. The Morgan fingerprint density at radius 2 is 1.95 bits per heavy atom. The van der Waals surface area contributed by atoms with E-state index in [9.17, 15) is 5.11 Å². The van der Waals surface area contributed by atoms with Crippen LogP contribution in [-0.4, -0.2) is 23.1 Å². The molecule has 2 aromatic rings. The van der Waals surface area contributed by atoms with Crippen LogP contribution in [0.5, 0.6) is 5.75 Å². The maximum absolute atomic E-state index is 9.78. The van der Waals surface area contributed by atoms with Gasteiger partial charge in [-0.15, -0.1) is 0 Å². The summed E-state index contributed by atoms with van der Waals surface area (Å²) in [5.74, 6) is 0.803. The Labute approximate surface area is 120 Å². The highest BCUT2D eigenvalue weighted by Crippen LogP contribution is 2.35. The van der Waals surface area contributed by atoms with Gasteiger partial charge in [0.2, 0.25) is 0 Å². The lowest BCUT2D eigenvalue weighted by molar-refractivity contribution is 0.281. The molecule has 0 radical (unpaired) electrons. The summed E-state index contributed by atoms with van der Waals surface area (Å²) in [4.78, 5) is 2.45. The smallest absolute Gasteiger partial charge is 0.115 e. The predicted octanol–water partition coefficient (Wildman–Crippen LogP) is 3.75. The van der Waals surface area contributed by atoms with E-state index >= 15 is 0 Å². The van der Waals surface area contributed by atoms with E-state index < -0.39 is 0 Å². The van der Waals surface area contributed by atoms with Gasteiger partial charge in [0.25, 0.3) is 0 Å². The van der Waals surface area contributed by atoms with E-state index in [2.05, 4.69) is 48.2 Å². The molecular formula is C18H21NO. The molecule has 0 unspecified atom stereocenters. The monoisotopic (exact) mass is 267 g/mol. The highest BCUT2D eigenvalue weighted by atomic mass is 16.3. The zero-order chi connectivity index (χ0) is 13.9. The first kappa shape index (κ1) is 13.2. The van der Waals surface area contributed by atoms with Crippen LogP contribution in [0.25, 0.3) is 0 Å². The third-order valence-electron chi connectivity index (χ3n) is 4.28. The molecule has 0 fully saturated rings. The van der Waals surface area contributed by atoms with Gasteiger partial charge in [0, 0.05) is 12.5 Å². The van der Waals surface area contributed by atoms with E-state index in [-0.39, 0.29) is 0 Å². The number of rotatable bonds is 2. The van der Waals surface area contributed by atoms with E-state index in [1.54, 1.807) is 0 Å². The van der Waals surface area contributed by atoms with Crippen LogP contribution in [0, 0.1) is 0 Å². The molecular weight excluding hydrogens is 246 g/mol. The summed E-state index contributed by atoms with van der Waals surface area (Å²) in [6.07, 6.45) is 1.13. The van der Waals surface area contributed by atoms with Gasteiger partial charge in [0.15, 0.2) is 0 Å². The SMILES string of the molecule is CCN1CC[C@@H](c2ccccc2)c2ccc(O)cc2C1. The highest BCUT2D eigenvalue weighted by Gasteiger charge is 2.23. The van der Waals surface area contributed by atoms with Crippen molar-refractivity contribution in [2.75, 3.05) is 13.1 Å². The van der Waals surface area contributed by atoms with Crippen LogP contribution in [0.4, 0.5) is 0 Å². The van der Waals surface area contributed by atoms with Crippen molar-refractivity contribution in [2.24, 2.45) is 0 Å². The van der Waals surface area contributed by atoms with Crippen LogP contribution in [0.2, 0.25) is 0 Å². The third kappa shape index (κ3) is 2.56. The number of benzene rings is 2. The minimum Gasteiger partial charge on any atom is -0.508 e. The maximum Gasteiger partial charge on any atom is 0.115 e. The van der Waals surface area contributed by atoms with Gasteiger partial charge in [0.05, 0.1) is 0 Å². The fourth-order valence-electron chi connectivity index (χ4n) is 3.16. The molecule has 1 aliphatic heterocycles. The standard InChI is InChI=1S/C18H21NO/c1-2-19-11-10-18(14-6-4-3-5-7-14)17-9-8-16(20)12-15(17)13-19/h3-9,12,18,20H,2,10-11,13H2,1H3/t18-/m0/s1. The van der Waals surface area contributed by atoms with E-state index in [0.29, 0.717) is 11.7 Å². The number of phenols is 1.